The van der Waals surface area contributed by atoms with Gasteiger partial charge in [0, 0.05) is 25.1 Å². The number of methoxy groups -OCH3 is 1. The van der Waals surface area contributed by atoms with E-state index in [0.717, 1.165) is 18.7 Å². The molecule has 4 rings (SSSR count). The number of hydrogen-bond acceptors (Lipinski definition) is 7. The lowest BCUT2D eigenvalue weighted by Crippen LogP contribution is -2.38. The van der Waals surface area contributed by atoms with E-state index in [1.165, 1.54) is 0 Å². The molecular formula is C25H29N5O4. The van der Waals surface area contributed by atoms with E-state index in [4.69, 9.17) is 9.26 Å². The summed E-state index contributed by atoms with van der Waals surface area (Å²) in [6, 6.07) is 16.7. The summed E-state index contributed by atoms with van der Waals surface area (Å²) in [5.41, 5.74) is 1.87. The number of rotatable bonds is 9. The second-order valence-electron chi connectivity index (χ2n) is 8.21. The number of nitrogens with one attached hydrogen (secondary N) is 2. The molecule has 0 unspecified atom stereocenters. The van der Waals surface area contributed by atoms with Gasteiger partial charge in [0.15, 0.2) is 0 Å². The van der Waals surface area contributed by atoms with E-state index < -0.39 is 0 Å². The van der Waals surface area contributed by atoms with Crippen LogP contribution in [0.4, 0.5) is 5.69 Å². The number of aromatic nitrogens is 2. The Morgan fingerprint density at radius 3 is 2.59 bits per heavy atom. The number of likely N-dealkylation sites (tertiary alicyclic amines) is 1. The number of nitrogens with zero attached hydrogens (tertiary/aromatic N) is 3. The molecule has 0 saturated carbocycles. The summed E-state index contributed by atoms with van der Waals surface area (Å²) in [7, 11) is 1.58. The SMILES string of the molecule is COCCNC(=O)c1ccccc1NC(=O)C1CCN(Cc2nc(-c3ccccc3)no2)CC1. The van der Waals surface area contributed by atoms with Gasteiger partial charge in [0.1, 0.15) is 0 Å². The molecule has 2 N–H and O–H groups in total. The molecule has 1 aliphatic heterocycles. The van der Waals surface area contributed by atoms with Gasteiger partial charge in [-0.05, 0) is 38.1 Å². The van der Waals surface area contributed by atoms with Crippen molar-refractivity contribution in [1.82, 2.24) is 20.4 Å². The molecule has 1 aromatic heterocycles. The molecule has 2 amide bonds. The maximum absolute atomic E-state index is 12.9. The van der Waals surface area contributed by atoms with Crippen molar-refractivity contribution in [3.8, 4) is 11.4 Å². The van der Waals surface area contributed by atoms with Crippen molar-refractivity contribution in [2.75, 3.05) is 38.7 Å². The maximum atomic E-state index is 12.9. The second kappa shape index (κ2) is 11.5. The first-order valence-electron chi connectivity index (χ1n) is 11.4. The van der Waals surface area contributed by atoms with E-state index in [9.17, 15) is 9.59 Å². The molecule has 0 aliphatic carbocycles. The Labute approximate surface area is 198 Å². The van der Waals surface area contributed by atoms with Crippen LogP contribution >= 0.6 is 0 Å². The highest BCUT2D eigenvalue weighted by Crippen LogP contribution is 2.23. The topological polar surface area (TPSA) is 110 Å². The minimum atomic E-state index is -0.239. The zero-order valence-corrected chi connectivity index (χ0v) is 19.2. The first kappa shape index (κ1) is 23.6. The van der Waals surface area contributed by atoms with Gasteiger partial charge in [0.25, 0.3) is 5.91 Å². The van der Waals surface area contributed by atoms with Crippen molar-refractivity contribution in [1.29, 1.82) is 0 Å². The third-order valence-electron chi connectivity index (χ3n) is 5.84. The Morgan fingerprint density at radius 2 is 1.82 bits per heavy atom. The van der Waals surface area contributed by atoms with Gasteiger partial charge < -0.3 is 19.9 Å². The molecule has 1 saturated heterocycles. The van der Waals surface area contributed by atoms with Gasteiger partial charge in [-0.25, -0.2) is 0 Å². The Bertz CT molecular complexity index is 1090. The molecular weight excluding hydrogens is 434 g/mol. The smallest absolute Gasteiger partial charge is 0.253 e. The molecule has 0 atom stereocenters. The molecule has 2 heterocycles. The van der Waals surface area contributed by atoms with Crippen molar-refractivity contribution in [2.24, 2.45) is 5.92 Å². The predicted molar refractivity (Wildman–Crippen MR) is 127 cm³/mol. The lowest BCUT2D eigenvalue weighted by atomic mass is 9.95. The zero-order chi connectivity index (χ0) is 23.8. The fraction of sp³-hybridized carbons (Fsp3) is 0.360. The Morgan fingerprint density at radius 1 is 1.09 bits per heavy atom. The van der Waals surface area contributed by atoms with Gasteiger partial charge in [-0.15, -0.1) is 0 Å². The number of hydrogen-bond donors (Lipinski definition) is 2. The first-order chi connectivity index (χ1) is 16.6. The standard InChI is InChI=1S/C25H29N5O4/c1-33-16-13-26-25(32)20-9-5-6-10-21(20)27-24(31)19-11-14-30(15-12-19)17-22-28-23(29-34-22)18-7-3-2-4-8-18/h2-10,19H,11-17H2,1H3,(H,26,32)(H,27,31). The summed E-state index contributed by atoms with van der Waals surface area (Å²) in [4.78, 5) is 32.1. The Kier molecular flexibility index (Phi) is 8.00. The van der Waals surface area contributed by atoms with Crippen LogP contribution in [0.1, 0.15) is 29.1 Å². The largest absolute Gasteiger partial charge is 0.383 e. The van der Waals surface area contributed by atoms with Gasteiger partial charge in [-0.1, -0.05) is 47.6 Å². The molecule has 34 heavy (non-hydrogen) atoms. The van der Waals surface area contributed by atoms with Crippen LogP contribution in [0.3, 0.4) is 0 Å². The average Bonchev–Trinajstić information content (AvgIpc) is 3.34. The monoisotopic (exact) mass is 463 g/mol. The minimum absolute atomic E-state index is 0.0686. The molecule has 2 aromatic carbocycles. The summed E-state index contributed by atoms with van der Waals surface area (Å²) >= 11 is 0. The van der Waals surface area contributed by atoms with Crippen molar-refractivity contribution in [2.45, 2.75) is 19.4 Å². The maximum Gasteiger partial charge on any atom is 0.253 e. The van der Waals surface area contributed by atoms with Gasteiger partial charge in [-0.2, -0.15) is 4.98 Å². The lowest BCUT2D eigenvalue weighted by Gasteiger charge is -2.30. The number of benzene rings is 2. The van der Waals surface area contributed by atoms with Crippen LogP contribution in [0.2, 0.25) is 0 Å². The molecule has 9 nitrogen and oxygen atoms in total. The van der Waals surface area contributed by atoms with E-state index in [1.807, 2.05) is 30.3 Å². The van der Waals surface area contributed by atoms with E-state index in [1.54, 1.807) is 31.4 Å². The molecule has 0 bridgehead atoms. The highest BCUT2D eigenvalue weighted by molar-refractivity contribution is 6.04. The molecule has 0 radical (unpaired) electrons. The van der Waals surface area contributed by atoms with Crippen LogP contribution in [-0.4, -0.2) is 60.2 Å². The van der Waals surface area contributed by atoms with E-state index in [0.29, 0.717) is 55.5 Å². The lowest BCUT2D eigenvalue weighted by molar-refractivity contribution is -0.121. The third kappa shape index (κ3) is 6.06. The summed E-state index contributed by atoms with van der Waals surface area (Å²) < 4.78 is 10.4. The highest BCUT2D eigenvalue weighted by atomic mass is 16.5. The summed E-state index contributed by atoms with van der Waals surface area (Å²) in [6.07, 6.45) is 1.43. The number of anilines is 1. The highest BCUT2D eigenvalue weighted by Gasteiger charge is 2.27. The van der Waals surface area contributed by atoms with Crippen molar-refractivity contribution in [3.63, 3.8) is 0 Å². The quantitative estimate of drug-likeness (QED) is 0.470. The van der Waals surface area contributed by atoms with E-state index >= 15 is 0 Å². The Balaban J connectivity index is 1.28. The second-order valence-corrected chi connectivity index (χ2v) is 8.21. The van der Waals surface area contributed by atoms with Crippen LogP contribution in [0.25, 0.3) is 11.4 Å². The zero-order valence-electron chi connectivity index (χ0n) is 19.2. The van der Waals surface area contributed by atoms with Gasteiger partial charge in [-0.3, -0.25) is 14.5 Å². The fourth-order valence-electron chi connectivity index (χ4n) is 3.95. The number of carbonyl (C=O) groups excluding carboxylic acids is 2. The van der Waals surface area contributed by atoms with Crippen LogP contribution in [0.5, 0.6) is 0 Å². The van der Waals surface area contributed by atoms with Gasteiger partial charge in [0.2, 0.25) is 17.6 Å². The number of ether oxygens (including phenoxy) is 1. The van der Waals surface area contributed by atoms with Crippen molar-refractivity contribution in [3.05, 3.63) is 66.1 Å². The molecule has 1 aliphatic rings. The first-order valence-corrected chi connectivity index (χ1v) is 11.4. The van der Waals surface area contributed by atoms with Crippen molar-refractivity contribution < 1.29 is 18.8 Å². The van der Waals surface area contributed by atoms with Gasteiger partial charge in [0.05, 0.1) is 24.4 Å². The van der Waals surface area contributed by atoms with E-state index in [-0.39, 0.29) is 17.7 Å². The van der Waals surface area contributed by atoms with E-state index in [2.05, 4.69) is 25.7 Å². The number of piperidine rings is 1. The summed E-state index contributed by atoms with van der Waals surface area (Å²) in [5, 5.41) is 9.81. The van der Waals surface area contributed by atoms with Crippen LogP contribution in [0.15, 0.2) is 59.1 Å². The number of para-hydroxylation sites is 1. The molecule has 178 valence electrons. The molecule has 1 fully saturated rings. The van der Waals surface area contributed by atoms with Crippen LogP contribution in [0, 0.1) is 5.92 Å². The Hall–Kier alpha value is -3.56. The minimum Gasteiger partial charge on any atom is -0.383 e. The third-order valence-corrected chi connectivity index (χ3v) is 5.84. The average molecular weight is 464 g/mol. The summed E-state index contributed by atoms with van der Waals surface area (Å²) in [6.45, 7) is 2.89. The normalized spacial score (nSPS) is 14.6. The predicted octanol–water partition coefficient (Wildman–Crippen LogP) is 2.96. The summed E-state index contributed by atoms with van der Waals surface area (Å²) in [5.74, 6) is 0.714. The number of amides is 2. The number of carbonyl (C=O) groups is 2. The fourth-order valence-corrected chi connectivity index (χ4v) is 3.95. The van der Waals surface area contributed by atoms with Crippen LogP contribution in [-0.2, 0) is 16.1 Å². The molecule has 9 heteroatoms. The molecule has 3 aromatic rings. The molecule has 0 spiro atoms. The van der Waals surface area contributed by atoms with Gasteiger partial charge >= 0.3 is 0 Å². The van der Waals surface area contributed by atoms with Crippen molar-refractivity contribution >= 4 is 17.5 Å². The van der Waals surface area contributed by atoms with Crippen LogP contribution < -0.4 is 10.6 Å².